The van der Waals surface area contributed by atoms with Gasteiger partial charge >= 0.3 is 0 Å². The van der Waals surface area contributed by atoms with Gasteiger partial charge in [0.15, 0.2) is 0 Å². The van der Waals surface area contributed by atoms with Gasteiger partial charge in [-0.25, -0.2) is 4.98 Å². The van der Waals surface area contributed by atoms with Gasteiger partial charge in [-0.1, -0.05) is 18.2 Å². The quantitative estimate of drug-likeness (QED) is 0.747. The second kappa shape index (κ2) is 5.75. The normalized spacial score (nSPS) is 10.8. The number of imidazole rings is 1. The molecule has 2 N–H and O–H groups in total. The van der Waals surface area contributed by atoms with E-state index in [1.165, 1.54) is 16.3 Å². The zero-order chi connectivity index (χ0) is 13.8. The number of hydrogen-bond donors (Lipinski definition) is 2. The molecule has 1 heterocycles. The molecule has 0 radical (unpaired) electrons. The zero-order valence-electron chi connectivity index (χ0n) is 11.4. The molecule has 0 amide bonds. The molecule has 2 aromatic carbocycles. The van der Waals surface area contributed by atoms with Gasteiger partial charge in [-0.2, -0.15) is 0 Å². The summed E-state index contributed by atoms with van der Waals surface area (Å²) in [5.41, 5.74) is 2.36. The maximum Gasteiger partial charge on any atom is 0.119 e. The lowest BCUT2D eigenvalue weighted by molar-refractivity contribution is 0.415. The van der Waals surface area contributed by atoms with Crippen molar-refractivity contribution in [2.75, 3.05) is 7.11 Å². The number of ether oxygens (including phenoxy) is 1. The van der Waals surface area contributed by atoms with Crippen LogP contribution in [0.2, 0.25) is 0 Å². The van der Waals surface area contributed by atoms with Crippen LogP contribution < -0.4 is 10.1 Å². The third-order valence-corrected chi connectivity index (χ3v) is 3.31. The topological polar surface area (TPSA) is 49.9 Å². The minimum absolute atomic E-state index is 0.792. The third-order valence-electron chi connectivity index (χ3n) is 3.31. The Hall–Kier alpha value is -2.33. The Bertz CT molecular complexity index is 692. The van der Waals surface area contributed by atoms with Crippen molar-refractivity contribution >= 4 is 10.8 Å². The summed E-state index contributed by atoms with van der Waals surface area (Å²) < 4.78 is 5.24. The van der Waals surface area contributed by atoms with Crippen molar-refractivity contribution in [3.63, 3.8) is 0 Å². The molecule has 3 aromatic rings. The summed E-state index contributed by atoms with van der Waals surface area (Å²) in [4.78, 5) is 7.08. The van der Waals surface area contributed by atoms with Gasteiger partial charge in [-0.15, -0.1) is 0 Å². The molecule has 0 aliphatic heterocycles. The molecule has 4 nitrogen and oxygen atoms in total. The first-order valence-corrected chi connectivity index (χ1v) is 6.60. The van der Waals surface area contributed by atoms with Crippen LogP contribution in [0.4, 0.5) is 0 Å². The van der Waals surface area contributed by atoms with Gasteiger partial charge in [-0.3, -0.25) is 0 Å². The lowest BCUT2D eigenvalue weighted by Gasteiger charge is -2.07. The SMILES string of the molecule is COc1ccc2cc(CNCc3cnc[nH]3)ccc2c1. The highest BCUT2D eigenvalue weighted by molar-refractivity contribution is 5.84. The minimum Gasteiger partial charge on any atom is -0.497 e. The van der Waals surface area contributed by atoms with Crippen LogP contribution in [0.3, 0.4) is 0 Å². The Morgan fingerprint density at radius 3 is 2.75 bits per heavy atom. The number of hydrogen-bond acceptors (Lipinski definition) is 3. The summed E-state index contributed by atoms with van der Waals surface area (Å²) in [6.45, 7) is 1.63. The van der Waals surface area contributed by atoms with Crippen LogP contribution >= 0.6 is 0 Å². The maximum absolute atomic E-state index is 5.24. The molecule has 0 spiro atoms. The van der Waals surface area contributed by atoms with Crippen molar-refractivity contribution in [3.8, 4) is 5.75 Å². The Morgan fingerprint density at radius 2 is 1.95 bits per heavy atom. The van der Waals surface area contributed by atoms with Crippen molar-refractivity contribution in [2.24, 2.45) is 0 Å². The van der Waals surface area contributed by atoms with E-state index in [1.54, 1.807) is 13.4 Å². The fourth-order valence-electron chi connectivity index (χ4n) is 2.23. The lowest BCUT2D eigenvalue weighted by Crippen LogP contribution is -2.12. The van der Waals surface area contributed by atoms with E-state index in [4.69, 9.17) is 4.74 Å². The van der Waals surface area contributed by atoms with Crippen LogP contribution in [0.5, 0.6) is 5.75 Å². The first-order valence-electron chi connectivity index (χ1n) is 6.60. The smallest absolute Gasteiger partial charge is 0.119 e. The number of fused-ring (bicyclic) bond motifs is 1. The molecule has 0 unspecified atom stereocenters. The predicted octanol–water partition coefficient (Wildman–Crippen LogP) is 2.86. The van der Waals surface area contributed by atoms with E-state index in [9.17, 15) is 0 Å². The molecule has 0 aliphatic rings. The van der Waals surface area contributed by atoms with Crippen LogP contribution in [-0.2, 0) is 13.1 Å². The Balaban J connectivity index is 1.69. The summed E-state index contributed by atoms with van der Waals surface area (Å²) >= 11 is 0. The summed E-state index contributed by atoms with van der Waals surface area (Å²) in [5.74, 6) is 0.891. The van der Waals surface area contributed by atoms with Gasteiger partial charge in [0, 0.05) is 25.0 Å². The standard InChI is InChI=1S/C16H17N3O/c1-20-16-5-4-13-6-12(2-3-14(13)7-16)8-17-9-15-10-18-11-19-15/h2-7,10-11,17H,8-9H2,1H3,(H,18,19). The fourth-order valence-corrected chi connectivity index (χ4v) is 2.23. The maximum atomic E-state index is 5.24. The molecule has 0 fully saturated rings. The number of H-pyrrole nitrogens is 1. The fraction of sp³-hybridized carbons (Fsp3) is 0.188. The van der Waals surface area contributed by atoms with Gasteiger partial charge < -0.3 is 15.0 Å². The second-order valence-electron chi connectivity index (χ2n) is 4.73. The van der Waals surface area contributed by atoms with Gasteiger partial charge in [0.25, 0.3) is 0 Å². The van der Waals surface area contributed by atoms with E-state index in [0.29, 0.717) is 0 Å². The Morgan fingerprint density at radius 1 is 1.10 bits per heavy atom. The van der Waals surface area contributed by atoms with Gasteiger partial charge in [0.1, 0.15) is 5.75 Å². The minimum atomic E-state index is 0.792. The molecule has 0 atom stereocenters. The summed E-state index contributed by atoms with van der Waals surface area (Å²) in [5, 5.41) is 5.82. The predicted molar refractivity (Wildman–Crippen MR) is 79.6 cm³/mol. The molecule has 20 heavy (non-hydrogen) atoms. The average molecular weight is 267 g/mol. The summed E-state index contributed by atoms with van der Waals surface area (Å²) in [7, 11) is 1.69. The first kappa shape index (κ1) is 12.7. The molecule has 0 aliphatic carbocycles. The molecule has 4 heteroatoms. The Labute approximate surface area is 117 Å². The molecule has 0 saturated carbocycles. The lowest BCUT2D eigenvalue weighted by atomic mass is 10.1. The number of aromatic amines is 1. The van der Waals surface area contributed by atoms with Gasteiger partial charge in [0.05, 0.1) is 13.4 Å². The number of nitrogens with zero attached hydrogens (tertiary/aromatic N) is 1. The molecule has 0 saturated heterocycles. The van der Waals surface area contributed by atoms with Crippen molar-refractivity contribution < 1.29 is 4.74 Å². The highest BCUT2D eigenvalue weighted by Gasteiger charge is 1.99. The van der Waals surface area contributed by atoms with Crippen LogP contribution in [0.25, 0.3) is 10.8 Å². The number of rotatable bonds is 5. The highest BCUT2D eigenvalue weighted by atomic mass is 16.5. The van der Waals surface area contributed by atoms with E-state index in [-0.39, 0.29) is 0 Å². The van der Waals surface area contributed by atoms with E-state index in [0.717, 1.165) is 24.5 Å². The number of nitrogens with one attached hydrogen (secondary N) is 2. The highest BCUT2D eigenvalue weighted by Crippen LogP contribution is 2.21. The van der Waals surface area contributed by atoms with Crippen molar-refractivity contribution in [2.45, 2.75) is 13.1 Å². The van der Waals surface area contributed by atoms with Gasteiger partial charge in [-0.05, 0) is 34.5 Å². The molecule has 0 bridgehead atoms. The largest absolute Gasteiger partial charge is 0.497 e. The molecular formula is C16H17N3O. The van der Waals surface area contributed by atoms with Crippen LogP contribution in [-0.4, -0.2) is 17.1 Å². The average Bonchev–Trinajstić information content (AvgIpc) is 3.00. The van der Waals surface area contributed by atoms with Crippen molar-refractivity contribution in [1.82, 2.24) is 15.3 Å². The number of methoxy groups -OCH3 is 1. The van der Waals surface area contributed by atoms with E-state index in [1.807, 2.05) is 12.3 Å². The van der Waals surface area contributed by atoms with Crippen LogP contribution in [0.15, 0.2) is 48.9 Å². The van der Waals surface area contributed by atoms with Crippen LogP contribution in [0.1, 0.15) is 11.3 Å². The van der Waals surface area contributed by atoms with E-state index < -0.39 is 0 Å². The number of benzene rings is 2. The summed E-state index contributed by atoms with van der Waals surface area (Å²) in [6.07, 6.45) is 3.53. The molecule has 3 rings (SSSR count). The Kier molecular flexibility index (Phi) is 3.65. The number of aromatic nitrogens is 2. The monoisotopic (exact) mass is 267 g/mol. The molecule has 1 aromatic heterocycles. The summed E-state index contributed by atoms with van der Waals surface area (Å²) in [6, 6.07) is 12.6. The third kappa shape index (κ3) is 2.81. The van der Waals surface area contributed by atoms with Crippen molar-refractivity contribution in [1.29, 1.82) is 0 Å². The van der Waals surface area contributed by atoms with E-state index in [2.05, 4.69) is 45.6 Å². The first-order chi connectivity index (χ1) is 9.85. The van der Waals surface area contributed by atoms with Crippen molar-refractivity contribution in [3.05, 3.63) is 60.2 Å². The van der Waals surface area contributed by atoms with E-state index >= 15 is 0 Å². The molecule has 102 valence electrons. The second-order valence-corrected chi connectivity index (χ2v) is 4.73. The van der Waals surface area contributed by atoms with Crippen LogP contribution in [0, 0.1) is 0 Å². The zero-order valence-corrected chi connectivity index (χ0v) is 11.4. The molecular weight excluding hydrogens is 250 g/mol. The van der Waals surface area contributed by atoms with Gasteiger partial charge in [0.2, 0.25) is 0 Å².